The summed E-state index contributed by atoms with van der Waals surface area (Å²) in [7, 11) is 0. The van der Waals surface area contributed by atoms with Crippen LogP contribution < -0.4 is 9.80 Å². The minimum Gasteiger partial charge on any atom is -0.371 e. The molecule has 0 bridgehead atoms. The largest absolute Gasteiger partial charge is 0.371 e. The van der Waals surface area contributed by atoms with Gasteiger partial charge in [0.1, 0.15) is 0 Å². The first kappa shape index (κ1) is 30.8. The Labute approximate surface area is 258 Å². The molecule has 0 unspecified atom stereocenters. The van der Waals surface area contributed by atoms with Gasteiger partial charge >= 0.3 is 0 Å². The van der Waals surface area contributed by atoms with Crippen molar-refractivity contribution < 1.29 is 9.59 Å². The van der Waals surface area contributed by atoms with Crippen molar-refractivity contribution >= 4 is 23.2 Å². The van der Waals surface area contributed by atoms with Crippen LogP contribution in [0.15, 0.2) is 72.8 Å². The molecule has 3 aromatic carbocycles. The van der Waals surface area contributed by atoms with Crippen molar-refractivity contribution in [3.63, 3.8) is 0 Å². The molecule has 5 rings (SSSR count). The highest BCUT2D eigenvalue weighted by atomic mass is 16.2. The average molecular weight is 581 g/mol. The van der Waals surface area contributed by atoms with Crippen LogP contribution in [0.25, 0.3) is 0 Å². The Balaban J connectivity index is 1.48. The molecule has 0 aromatic heterocycles. The topological polar surface area (TPSA) is 47.1 Å². The van der Waals surface area contributed by atoms with Crippen LogP contribution in [-0.2, 0) is 17.8 Å². The predicted molar refractivity (Wildman–Crippen MR) is 177 cm³/mol. The molecule has 0 saturated carbocycles. The Kier molecular flexibility index (Phi) is 10.5. The smallest absolute Gasteiger partial charge is 0.254 e. The highest BCUT2D eigenvalue weighted by molar-refractivity contribution is 5.98. The lowest BCUT2D eigenvalue weighted by molar-refractivity contribution is -0.118. The lowest BCUT2D eigenvalue weighted by Crippen LogP contribution is -2.40. The Morgan fingerprint density at radius 3 is 2.21 bits per heavy atom. The lowest BCUT2D eigenvalue weighted by atomic mass is 10.0. The van der Waals surface area contributed by atoms with Gasteiger partial charge < -0.3 is 19.6 Å². The van der Waals surface area contributed by atoms with E-state index in [1.807, 2.05) is 70.5 Å². The fraction of sp³-hybridized carbons (Fsp3) is 0.459. The molecule has 2 aliphatic heterocycles. The fourth-order valence-corrected chi connectivity index (χ4v) is 6.64. The van der Waals surface area contributed by atoms with E-state index in [1.165, 1.54) is 24.9 Å². The summed E-state index contributed by atoms with van der Waals surface area (Å²) in [6.07, 6.45) is 4.92. The van der Waals surface area contributed by atoms with Gasteiger partial charge in [0.2, 0.25) is 5.91 Å². The van der Waals surface area contributed by atoms with Crippen molar-refractivity contribution in [2.45, 2.75) is 59.4 Å². The van der Waals surface area contributed by atoms with Gasteiger partial charge in [-0.15, -0.1) is 0 Å². The maximum Gasteiger partial charge on any atom is 0.254 e. The molecular formula is C37H48N4O2. The van der Waals surface area contributed by atoms with Gasteiger partial charge in [0.15, 0.2) is 0 Å². The van der Waals surface area contributed by atoms with Crippen molar-refractivity contribution in [1.29, 1.82) is 0 Å². The molecule has 2 heterocycles. The maximum atomic E-state index is 14.4. The molecule has 0 spiro atoms. The Morgan fingerprint density at radius 1 is 0.721 bits per heavy atom. The highest BCUT2D eigenvalue weighted by Gasteiger charge is 2.26. The molecule has 0 atom stereocenters. The van der Waals surface area contributed by atoms with Gasteiger partial charge in [-0.3, -0.25) is 9.59 Å². The van der Waals surface area contributed by atoms with Crippen molar-refractivity contribution in [2.75, 3.05) is 55.6 Å². The fourth-order valence-electron chi connectivity index (χ4n) is 6.64. The summed E-state index contributed by atoms with van der Waals surface area (Å²) >= 11 is 0. The standard InChI is InChI=1S/C37H48N4O2/c1-29(2)27-38-20-13-23-41(36(42)26-31-14-6-4-7-15-31)35-18-9-8-16-32(35)28-40(25-24-38)37(43)33-17-12-19-34(30(33)3)39-21-10-5-11-22-39/h4,6-9,12,14-19,29H,5,10-11,13,20-28H2,1-3H3. The molecule has 6 nitrogen and oxygen atoms in total. The summed E-state index contributed by atoms with van der Waals surface area (Å²) in [4.78, 5) is 37.1. The van der Waals surface area contributed by atoms with Crippen LogP contribution in [0.3, 0.4) is 0 Å². The number of amides is 2. The van der Waals surface area contributed by atoms with Crippen LogP contribution in [0.1, 0.15) is 66.6 Å². The van der Waals surface area contributed by atoms with E-state index in [4.69, 9.17) is 0 Å². The summed E-state index contributed by atoms with van der Waals surface area (Å²) in [5, 5.41) is 0. The van der Waals surface area contributed by atoms with Crippen LogP contribution >= 0.6 is 0 Å². The summed E-state index contributed by atoms with van der Waals surface area (Å²) < 4.78 is 0. The van der Waals surface area contributed by atoms with Crippen molar-refractivity contribution in [2.24, 2.45) is 5.92 Å². The normalized spacial score (nSPS) is 17.0. The van der Waals surface area contributed by atoms with Gasteiger partial charge in [-0.05, 0) is 80.0 Å². The van der Waals surface area contributed by atoms with Crippen LogP contribution in [0, 0.1) is 12.8 Å². The number of anilines is 2. The van der Waals surface area contributed by atoms with Crippen LogP contribution in [0.5, 0.6) is 0 Å². The van der Waals surface area contributed by atoms with Crippen LogP contribution in [0.4, 0.5) is 11.4 Å². The minimum absolute atomic E-state index is 0.0667. The Morgan fingerprint density at radius 2 is 1.44 bits per heavy atom. The molecule has 1 fully saturated rings. The first-order valence-electron chi connectivity index (χ1n) is 16.2. The van der Waals surface area contributed by atoms with E-state index in [-0.39, 0.29) is 11.8 Å². The second-order valence-electron chi connectivity index (χ2n) is 12.6. The summed E-state index contributed by atoms with van der Waals surface area (Å²) in [5.41, 5.74) is 5.97. The first-order chi connectivity index (χ1) is 20.9. The van der Waals surface area contributed by atoms with E-state index in [9.17, 15) is 9.59 Å². The number of fused-ring (bicyclic) bond motifs is 1. The number of nitrogens with zero attached hydrogens (tertiary/aromatic N) is 4. The van der Waals surface area contributed by atoms with E-state index in [2.05, 4.69) is 42.7 Å². The SMILES string of the molecule is Cc1c(C(=O)N2CCN(CC(C)C)CCCN(C(=O)Cc3ccccc3)c3ccccc3C2)cccc1N1CCCCC1. The van der Waals surface area contributed by atoms with E-state index in [1.54, 1.807) is 0 Å². The summed E-state index contributed by atoms with van der Waals surface area (Å²) in [6, 6.07) is 24.3. The molecule has 43 heavy (non-hydrogen) atoms. The van der Waals surface area contributed by atoms with Crippen molar-refractivity contribution in [3.8, 4) is 0 Å². The van der Waals surface area contributed by atoms with Crippen molar-refractivity contribution in [3.05, 3.63) is 95.1 Å². The van der Waals surface area contributed by atoms with Gasteiger partial charge in [0.25, 0.3) is 5.91 Å². The third-order valence-electron chi connectivity index (χ3n) is 8.83. The van der Waals surface area contributed by atoms with E-state index in [0.29, 0.717) is 32.0 Å². The van der Waals surface area contributed by atoms with Crippen LogP contribution in [-0.4, -0.2) is 67.4 Å². The number of hydrogen-bond donors (Lipinski definition) is 0. The monoisotopic (exact) mass is 580 g/mol. The predicted octanol–water partition coefficient (Wildman–Crippen LogP) is 6.57. The molecule has 228 valence electrons. The summed E-state index contributed by atoms with van der Waals surface area (Å²) in [5.74, 6) is 0.680. The average Bonchev–Trinajstić information content (AvgIpc) is 3.05. The molecule has 0 N–H and O–H groups in total. The molecule has 1 saturated heterocycles. The quantitative estimate of drug-likeness (QED) is 0.331. The molecule has 6 heteroatoms. The van der Waals surface area contributed by atoms with Crippen molar-refractivity contribution in [1.82, 2.24) is 9.80 Å². The lowest BCUT2D eigenvalue weighted by Gasteiger charge is -2.32. The summed E-state index contributed by atoms with van der Waals surface area (Å²) in [6.45, 7) is 13.1. The molecule has 0 radical (unpaired) electrons. The molecular weight excluding hydrogens is 532 g/mol. The van der Waals surface area contributed by atoms with E-state index < -0.39 is 0 Å². The third kappa shape index (κ3) is 7.85. The third-order valence-corrected chi connectivity index (χ3v) is 8.83. The van der Waals surface area contributed by atoms with Gasteiger partial charge in [-0.25, -0.2) is 0 Å². The number of hydrogen-bond acceptors (Lipinski definition) is 4. The zero-order valence-electron chi connectivity index (χ0n) is 26.3. The second kappa shape index (κ2) is 14.7. The zero-order valence-corrected chi connectivity index (χ0v) is 26.3. The number of carbonyl (C=O) groups excluding carboxylic acids is 2. The Bertz CT molecular complexity index is 1370. The first-order valence-corrected chi connectivity index (χ1v) is 16.2. The molecule has 0 aliphatic carbocycles. The van der Waals surface area contributed by atoms with Gasteiger partial charge in [-0.2, -0.15) is 0 Å². The molecule has 2 amide bonds. The maximum absolute atomic E-state index is 14.4. The van der Waals surface area contributed by atoms with E-state index in [0.717, 1.165) is 67.1 Å². The van der Waals surface area contributed by atoms with Gasteiger partial charge in [-0.1, -0.05) is 68.4 Å². The zero-order chi connectivity index (χ0) is 30.2. The number of piperidine rings is 1. The number of rotatable bonds is 6. The van der Waals surface area contributed by atoms with Gasteiger partial charge in [0, 0.05) is 62.8 Å². The van der Waals surface area contributed by atoms with Gasteiger partial charge in [0.05, 0.1) is 6.42 Å². The second-order valence-corrected chi connectivity index (χ2v) is 12.6. The number of benzene rings is 3. The molecule has 3 aromatic rings. The number of para-hydroxylation sites is 1. The van der Waals surface area contributed by atoms with E-state index >= 15 is 0 Å². The minimum atomic E-state index is 0.0667. The van der Waals surface area contributed by atoms with Crippen LogP contribution in [0.2, 0.25) is 0 Å². The Hall–Kier alpha value is -3.64. The number of carbonyl (C=O) groups is 2. The molecule has 2 aliphatic rings. The highest BCUT2D eigenvalue weighted by Crippen LogP contribution is 2.29.